The molecular weight excluding hydrogens is 220 g/mol. The van der Waals surface area contributed by atoms with Gasteiger partial charge in [-0.15, -0.1) is 35.3 Å². The predicted molar refractivity (Wildman–Crippen MR) is 62.4 cm³/mol. The third-order valence-electron chi connectivity index (χ3n) is 1.23. The average Bonchev–Trinajstić information content (AvgIpc) is 1.88. The first kappa shape index (κ1) is 9.84. The zero-order chi connectivity index (χ0) is 7.61. The summed E-state index contributed by atoms with van der Waals surface area (Å²) in [5.41, 5.74) is 0. The number of thioether (sulfide) groups is 3. The predicted octanol–water partition coefficient (Wildman–Crippen LogP) is 3.36. The van der Waals surface area contributed by atoms with Crippen LogP contribution in [-0.4, -0.2) is 12.4 Å². The highest BCUT2D eigenvalue weighted by Gasteiger charge is 2.31. The highest BCUT2D eigenvalue weighted by molar-refractivity contribution is 8.44. The molecule has 0 spiro atoms. The van der Waals surface area contributed by atoms with Gasteiger partial charge in [0.2, 0.25) is 0 Å². The molecule has 1 rings (SSSR count). The largest absolute Gasteiger partial charge is 0.154 e. The summed E-state index contributed by atoms with van der Waals surface area (Å²) in [6.45, 7) is 2.17. The molecule has 0 nitrogen and oxygen atoms in total. The van der Waals surface area contributed by atoms with Crippen molar-refractivity contribution < 1.29 is 0 Å². The van der Waals surface area contributed by atoms with Crippen molar-refractivity contribution in [1.82, 2.24) is 0 Å². The number of hydrogen-bond donors (Lipinski definition) is 2. The van der Waals surface area contributed by atoms with Crippen molar-refractivity contribution in [2.24, 2.45) is 0 Å². The van der Waals surface area contributed by atoms with Crippen molar-refractivity contribution in [3.63, 3.8) is 0 Å². The minimum atomic E-state index is 0.123. The molecule has 2 atom stereocenters. The minimum absolute atomic E-state index is 0.123. The Morgan fingerprint density at radius 1 is 1.70 bits per heavy atom. The first-order chi connectivity index (χ1) is 4.66. The van der Waals surface area contributed by atoms with Crippen molar-refractivity contribution in [2.75, 3.05) is 5.08 Å². The molecule has 60 valence electrons. The summed E-state index contributed by atoms with van der Waals surface area (Å²) in [7, 11) is 0. The fourth-order valence-corrected chi connectivity index (χ4v) is 7.75. The van der Waals surface area contributed by atoms with Crippen molar-refractivity contribution in [3.05, 3.63) is 0 Å². The molecule has 0 aromatic heterocycles. The molecule has 1 heterocycles. The zero-order valence-electron chi connectivity index (χ0n) is 5.61. The lowest BCUT2D eigenvalue weighted by molar-refractivity contribution is 1.01. The van der Waals surface area contributed by atoms with E-state index in [4.69, 9.17) is 0 Å². The van der Waals surface area contributed by atoms with Gasteiger partial charge in [-0.25, -0.2) is 0 Å². The van der Waals surface area contributed by atoms with Crippen molar-refractivity contribution in [1.29, 1.82) is 0 Å². The van der Waals surface area contributed by atoms with Gasteiger partial charge in [-0.2, -0.15) is 25.3 Å². The van der Waals surface area contributed by atoms with Gasteiger partial charge >= 0.3 is 0 Å². The molecule has 1 saturated heterocycles. The highest BCUT2D eigenvalue weighted by Crippen LogP contribution is 2.54. The number of rotatable bonds is 1. The van der Waals surface area contributed by atoms with E-state index in [1.807, 2.05) is 35.3 Å². The summed E-state index contributed by atoms with van der Waals surface area (Å²) in [5, 5.41) is 1.12. The van der Waals surface area contributed by atoms with Crippen LogP contribution < -0.4 is 0 Å². The van der Waals surface area contributed by atoms with E-state index < -0.39 is 0 Å². The Morgan fingerprint density at radius 3 is 2.80 bits per heavy atom. The van der Waals surface area contributed by atoms with Crippen LogP contribution in [0.5, 0.6) is 0 Å². The maximum atomic E-state index is 4.57. The lowest BCUT2D eigenvalue weighted by Crippen LogP contribution is -2.16. The molecule has 0 aromatic rings. The van der Waals surface area contributed by atoms with Crippen molar-refractivity contribution in [2.45, 2.75) is 20.7 Å². The highest BCUT2D eigenvalue weighted by atomic mass is 32.3. The molecule has 0 amide bonds. The minimum Gasteiger partial charge on any atom is -0.154 e. The molecular formula is C5H10S5. The third kappa shape index (κ3) is 2.66. The fourth-order valence-electron chi connectivity index (χ4n) is 0.595. The van der Waals surface area contributed by atoms with E-state index in [-0.39, 0.29) is 3.41 Å². The summed E-state index contributed by atoms with van der Waals surface area (Å²) in [6.07, 6.45) is 1.10. The lowest BCUT2D eigenvalue weighted by atomic mass is 10.6. The molecule has 1 aliphatic heterocycles. The van der Waals surface area contributed by atoms with Crippen LogP contribution in [0, 0.1) is 0 Å². The van der Waals surface area contributed by atoms with Crippen LogP contribution in [-0.2, 0) is 0 Å². The molecule has 0 aliphatic carbocycles. The van der Waals surface area contributed by atoms with Crippen LogP contribution in [0.15, 0.2) is 0 Å². The van der Waals surface area contributed by atoms with Gasteiger partial charge in [-0.05, 0) is 6.42 Å². The Balaban J connectivity index is 2.45. The average molecular weight is 230 g/mol. The normalized spacial score (nSPS) is 41.7. The lowest BCUT2D eigenvalue weighted by Gasteiger charge is -2.32. The zero-order valence-corrected chi connectivity index (χ0v) is 9.85. The summed E-state index contributed by atoms with van der Waals surface area (Å²) in [5.74, 6) is 0. The maximum Gasteiger partial charge on any atom is 0.106 e. The first-order valence-corrected chi connectivity index (χ1v) is 6.88. The summed E-state index contributed by atoms with van der Waals surface area (Å²) >= 11 is 14.6. The quantitative estimate of drug-likeness (QED) is 0.664. The Labute approximate surface area is 85.9 Å². The molecule has 2 unspecified atom stereocenters. The van der Waals surface area contributed by atoms with Crippen LogP contribution in [0.2, 0.25) is 0 Å². The molecule has 0 aromatic carbocycles. The van der Waals surface area contributed by atoms with Gasteiger partial charge in [0, 0.05) is 5.08 Å². The van der Waals surface area contributed by atoms with Crippen LogP contribution >= 0.6 is 60.5 Å². The van der Waals surface area contributed by atoms with Gasteiger partial charge in [-0.1, -0.05) is 6.92 Å². The van der Waals surface area contributed by atoms with Gasteiger partial charge in [0.1, 0.15) is 3.41 Å². The first-order valence-electron chi connectivity index (χ1n) is 3.00. The van der Waals surface area contributed by atoms with Gasteiger partial charge in [0.15, 0.2) is 0 Å². The van der Waals surface area contributed by atoms with Crippen LogP contribution in [0.1, 0.15) is 13.3 Å². The van der Waals surface area contributed by atoms with E-state index >= 15 is 0 Å². The second-order valence-electron chi connectivity index (χ2n) is 1.92. The summed E-state index contributed by atoms with van der Waals surface area (Å²) in [4.78, 5) is 0. The van der Waals surface area contributed by atoms with Gasteiger partial charge in [0.25, 0.3) is 0 Å². The SMILES string of the molecule is CCC1(S)SCSC(S)S1. The number of thiol groups is 2. The Hall–Kier alpha value is 1.75. The second-order valence-corrected chi connectivity index (χ2v) is 9.20. The Bertz CT molecular complexity index is 117. The van der Waals surface area contributed by atoms with E-state index in [9.17, 15) is 0 Å². The molecule has 1 aliphatic rings. The maximum absolute atomic E-state index is 4.57. The van der Waals surface area contributed by atoms with E-state index in [2.05, 4.69) is 32.2 Å². The fraction of sp³-hybridized carbons (Fsp3) is 1.00. The summed E-state index contributed by atoms with van der Waals surface area (Å²) < 4.78 is 0.538. The van der Waals surface area contributed by atoms with E-state index in [1.54, 1.807) is 0 Å². The smallest absolute Gasteiger partial charge is 0.106 e. The van der Waals surface area contributed by atoms with E-state index in [0.29, 0.717) is 3.91 Å². The topological polar surface area (TPSA) is 0 Å². The van der Waals surface area contributed by atoms with Gasteiger partial charge in [0.05, 0.1) is 3.91 Å². The van der Waals surface area contributed by atoms with Crippen molar-refractivity contribution in [3.8, 4) is 0 Å². The third-order valence-corrected chi connectivity index (χ3v) is 7.25. The van der Waals surface area contributed by atoms with Crippen LogP contribution in [0.4, 0.5) is 0 Å². The summed E-state index contributed by atoms with van der Waals surface area (Å²) in [6, 6.07) is 0. The Morgan fingerprint density at radius 2 is 2.40 bits per heavy atom. The molecule has 10 heavy (non-hydrogen) atoms. The molecule has 0 bridgehead atoms. The van der Waals surface area contributed by atoms with Crippen LogP contribution in [0.25, 0.3) is 0 Å². The monoisotopic (exact) mass is 230 g/mol. The van der Waals surface area contributed by atoms with E-state index in [0.717, 1.165) is 11.5 Å². The van der Waals surface area contributed by atoms with Crippen molar-refractivity contribution >= 4 is 60.5 Å². The second kappa shape index (κ2) is 4.12. The van der Waals surface area contributed by atoms with Crippen LogP contribution in [0.3, 0.4) is 0 Å². The van der Waals surface area contributed by atoms with E-state index in [1.165, 1.54) is 0 Å². The molecule has 0 N–H and O–H groups in total. The molecule has 0 saturated carbocycles. The van der Waals surface area contributed by atoms with Gasteiger partial charge in [-0.3, -0.25) is 0 Å². The standard InChI is InChI=1S/C5H10S5/c1-2-5(7)9-3-8-4(6)10-5/h4,6-7H,2-3H2,1H3. The molecule has 1 fully saturated rings. The number of hydrogen-bond acceptors (Lipinski definition) is 5. The molecule has 0 radical (unpaired) electrons. The Kier molecular flexibility index (Phi) is 4.05. The van der Waals surface area contributed by atoms with Gasteiger partial charge < -0.3 is 0 Å². The molecule has 5 heteroatoms.